The number of thioether (sulfide) groups is 1. The molecule has 5 amide bonds. The summed E-state index contributed by atoms with van der Waals surface area (Å²) in [6.07, 6.45) is 6.29. The minimum absolute atomic E-state index is 0.0272. The first-order chi connectivity index (χ1) is 32.6. The van der Waals surface area contributed by atoms with E-state index in [2.05, 4.69) is 20.5 Å². The van der Waals surface area contributed by atoms with Crippen molar-refractivity contribution in [1.29, 1.82) is 0 Å². The van der Waals surface area contributed by atoms with Gasteiger partial charge in [0.1, 0.15) is 16.8 Å². The van der Waals surface area contributed by atoms with E-state index in [0.29, 0.717) is 37.2 Å². The van der Waals surface area contributed by atoms with Crippen molar-refractivity contribution < 1.29 is 48.6 Å². The molecule has 2 aliphatic rings. The molecular formula is C51H76N6O10S2. The van der Waals surface area contributed by atoms with Crippen molar-refractivity contribution in [1.82, 2.24) is 30.3 Å². The van der Waals surface area contributed by atoms with Crippen LogP contribution in [-0.2, 0) is 46.4 Å². The molecule has 18 heteroatoms. The summed E-state index contributed by atoms with van der Waals surface area (Å²) in [7, 11) is 3.70. The second kappa shape index (κ2) is 26.6. The number of Topliss-reactive ketones (excluding diaryl/α,β-unsaturated/α-hetero) is 2. The number of thiazole rings is 1. The summed E-state index contributed by atoms with van der Waals surface area (Å²) < 4.78 is 0. The van der Waals surface area contributed by atoms with E-state index in [-0.39, 0.29) is 109 Å². The van der Waals surface area contributed by atoms with Crippen LogP contribution in [0.15, 0.2) is 29.6 Å². The Morgan fingerprint density at radius 2 is 1.70 bits per heavy atom. The summed E-state index contributed by atoms with van der Waals surface area (Å²) in [5.74, 6) is -3.66. The van der Waals surface area contributed by atoms with Crippen molar-refractivity contribution >= 4 is 70.2 Å². The van der Waals surface area contributed by atoms with Crippen LogP contribution in [0.1, 0.15) is 145 Å². The maximum Gasteiger partial charge on any atom is 0.306 e. The number of likely N-dealkylation sites (N-methyl/N-ethyl adjacent to an activating group) is 1. The number of nitrogens with zero attached hydrogens (tertiary/aromatic N) is 4. The summed E-state index contributed by atoms with van der Waals surface area (Å²) in [4.78, 5) is 113. The van der Waals surface area contributed by atoms with Gasteiger partial charge in [0.2, 0.25) is 23.6 Å². The second-order valence-corrected chi connectivity index (χ2v) is 21.7. The first-order valence-corrected chi connectivity index (χ1v) is 26.7. The molecule has 1 aromatic heterocycles. The monoisotopic (exact) mass is 997 g/mol. The molecule has 1 unspecified atom stereocenters. The maximum absolute atomic E-state index is 14.2. The lowest BCUT2D eigenvalue weighted by atomic mass is 9.80. The first kappa shape index (κ1) is 57.1. The number of likely N-dealkylation sites (tertiary alicyclic amines) is 2. The Morgan fingerprint density at radius 3 is 2.29 bits per heavy atom. The standard InChI is InChI=1S/C51H76N6O10S2/c1-10-32(4)38(26-43(60)51(6)20-14-21-55(51)7)48(64)56(8)40(31(2)3)27-41(59)47-54-39(30-69-47)46(63)53-36(23-33(5)50(66)67)24-34-16-18-35(19-17-34)25-37(58)29-52-44(61)15-12-11-13-22-57-45(62)28-42(68-9)49(57)65/h16-19,30-33,36,38,40-42,59H,10-15,20-29H2,1-9H3,(H,52,61)(H,53,63)(H,66,67)/t32-,33-,36+,38-,40+,41+,42?,51+/m0/s1. The number of aliphatic carboxylic acids is 1. The molecule has 2 fully saturated rings. The zero-order valence-electron chi connectivity index (χ0n) is 42.1. The molecule has 4 rings (SSSR count). The van der Waals surface area contributed by atoms with Crippen molar-refractivity contribution in [2.75, 3.05) is 40.0 Å². The molecule has 2 saturated heterocycles. The summed E-state index contributed by atoms with van der Waals surface area (Å²) in [5, 5.41) is 28.4. The number of carboxylic acid groups (broad SMARTS) is 1. The van der Waals surface area contributed by atoms with Crippen molar-refractivity contribution in [2.45, 2.75) is 154 Å². The molecule has 0 bridgehead atoms. The minimum Gasteiger partial charge on any atom is -0.481 e. The molecule has 0 spiro atoms. The van der Waals surface area contributed by atoms with Gasteiger partial charge in [-0.25, -0.2) is 4.98 Å². The predicted molar refractivity (Wildman–Crippen MR) is 268 cm³/mol. The van der Waals surface area contributed by atoms with Gasteiger partial charge < -0.3 is 25.7 Å². The van der Waals surface area contributed by atoms with Crippen LogP contribution >= 0.6 is 23.1 Å². The van der Waals surface area contributed by atoms with Gasteiger partial charge in [0.25, 0.3) is 5.91 Å². The number of rotatable bonds is 29. The van der Waals surface area contributed by atoms with Gasteiger partial charge in [-0.3, -0.25) is 48.2 Å². The number of aliphatic hydroxyl groups is 1. The molecule has 1 aromatic carbocycles. The molecule has 8 atom stereocenters. The van der Waals surface area contributed by atoms with Crippen LogP contribution < -0.4 is 10.6 Å². The average molecular weight is 997 g/mol. The van der Waals surface area contributed by atoms with Gasteiger partial charge >= 0.3 is 5.97 Å². The number of hydrogen-bond acceptors (Lipinski definition) is 13. The molecule has 0 aliphatic carbocycles. The normalized spacial score (nSPS) is 20.0. The molecule has 382 valence electrons. The molecule has 4 N–H and O–H groups in total. The lowest BCUT2D eigenvalue weighted by molar-refractivity contribution is -0.143. The molecule has 16 nitrogen and oxygen atoms in total. The SMILES string of the molecule is CC[C@H](C)[C@H](CC(=O)[C@@]1(C)CCCN1C)C(=O)N(C)[C@H](C[C@@H](O)c1nc(C(=O)N[C@@H](Cc2ccc(CC(=O)CNC(=O)CCCCCN3C(=O)CC(SC)C3=O)cc2)C[C@H](C)C(=O)O)cs1)C(C)C. The van der Waals surface area contributed by atoms with Crippen LogP contribution in [0.2, 0.25) is 0 Å². The summed E-state index contributed by atoms with van der Waals surface area (Å²) >= 11 is 2.50. The third kappa shape index (κ3) is 16.0. The van der Waals surface area contributed by atoms with Crippen LogP contribution in [0.25, 0.3) is 0 Å². The number of carboxylic acids is 1. The van der Waals surface area contributed by atoms with Crippen molar-refractivity contribution in [2.24, 2.45) is 23.7 Å². The number of benzene rings is 1. The average Bonchev–Trinajstić information content (AvgIpc) is 4.02. The van der Waals surface area contributed by atoms with Gasteiger partial charge in [-0.1, -0.05) is 71.7 Å². The van der Waals surface area contributed by atoms with E-state index in [4.69, 9.17) is 0 Å². The smallest absolute Gasteiger partial charge is 0.306 e. The Hall–Kier alpha value is -4.52. The first-order valence-electron chi connectivity index (χ1n) is 24.5. The largest absolute Gasteiger partial charge is 0.481 e. The number of hydrogen-bond donors (Lipinski definition) is 4. The van der Waals surface area contributed by atoms with Crippen molar-refractivity contribution in [3.05, 3.63) is 51.5 Å². The number of nitrogens with one attached hydrogen (secondary N) is 2. The fourth-order valence-electron chi connectivity index (χ4n) is 9.30. The van der Waals surface area contributed by atoms with Crippen molar-refractivity contribution in [3.8, 4) is 0 Å². The minimum atomic E-state index is -1.09. The summed E-state index contributed by atoms with van der Waals surface area (Å²) in [6, 6.07) is 6.23. The predicted octanol–water partition coefficient (Wildman–Crippen LogP) is 5.89. The number of ketones is 2. The van der Waals surface area contributed by atoms with E-state index < -0.39 is 41.4 Å². The fourth-order valence-corrected chi connectivity index (χ4v) is 10.7. The zero-order chi connectivity index (χ0) is 51.2. The lowest BCUT2D eigenvalue weighted by Crippen LogP contribution is -2.50. The van der Waals surface area contributed by atoms with Gasteiger partial charge in [-0.15, -0.1) is 11.3 Å². The molecule has 0 saturated carbocycles. The molecule has 2 aliphatic heterocycles. The fraction of sp³-hybridized carbons (Fsp3) is 0.667. The van der Waals surface area contributed by atoms with Crippen LogP contribution in [0.5, 0.6) is 0 Å². The van der Waals surface area contributed by atoms with Gasteiger partial charge in [-0.2, -0.15) is 11.8 Å². The number of aliphatic hydroxyl groups excluding tert-OH is 1. The number of aromatic nitrogens is 1. The number of amides is 5. The Balaban J connectivity index is 1.29. The number of carbonyl (C=O) groups excluding carboxylic acids is 7. The van der Waals surface area contributed by atoms with Crippen LogP contribution in [0, 0.1) is 23.7 Å². The highest BCUT2D eigenvalue weighted by atomic mass is 32.2. The Bertz CT molecular complexity index is 2110. The van der Waals surface area contributed by atoms with E-state index in [1.165, 1.54) is 16.7 Å². The second-order valence-electron chi connectivity index (χ2n) is 19.8. The van der Waals surface area contributed by atoms with Gasteiger partial charge in [-0.05, 0) is 88.3 Å². The third-order valence-corrected chi connectivity index (χ3v) is 16.2. The summed E-state index contributed by atoms with van der Waals surface area (Å²) in [5.41, 5.74) is 1.01. The highest BCUT2D eigenvalue weighted by Gasteiger charge is 2.44. The van der Waals surface area contributed by atoms with E-state index >= 15 is 0 Å². The topological polar surface area (TPSA) is 224 Å². The molecular weight excluding hydrogens is 921 g/mol. The molecule has 3 heterocycles. The van der Waals surface area contributed by atoms with Crippen LogP contribution in [0.4, 0.5) is 0 Å². The van der Waals surface area contributed by atoms with E-state index in [0.717, 1.165) is 48.3 Å². The van der Waals surface area contributed by atoms with Crippen LogP contribution in [0.3, 0.4) is 0 Å². The van der Waals surface area contributed by atoms with Gasteiger partial charge in [0, 0.05) is 69.1 Å². The Kier molecular flexibility index (Phi) is 22.0. The summed E-state index contributed by atoms with van der Waals surface area (Å²) in [6.45, 7) is 12.6. The Morgan fingerprint density at radius 1 is 1.01 bits per heavy atom. The van der Waals surface area contributed by atoms with E-state index in [9.17, 15) is 48.6 Å². The molecule has 2 aromatic rings. The highest BCUT2D eigenvalue weighted by Crippen LogP contribution is 2.34. The lowest BCUT2D eigenvalue weighted by Gasteiger charge is -2.37. The number of carbonyl (C=O) groups is 8. The Labute approximate surface area is 416 Å². The van der Waals surface area contributed by atoms with Crippen LogP contribution in [-0.4, -0.2) is 140 Å². The maximum atomic E-state index is 14.2. The zero-order valence-corrected chi connectivity index (χ0v) is 43.7. The van der Waals surface area contributed by atoms with Gasteiger partial charge in [0.15, 0.2) is 11.6 Å². The third-order valence-electron chi connectivity index (χ3n) is 14.3. The van der Waals surface area contributed by atoms with E-state index in [1.54, 1.807) is 36.4 Å². The van der Waals surface area contributed by atoms with Crippen molar-refractivity contribution in [3.63, 3.8) is 0 Å². The highest BCUT2D eigenvalue weighted by molar-refractivity contribution is 8.00. The van der Waals surface area contributed by atoms with Gasteiger partial charge in [0.05, 0.1) is 23.3 Å². The molecule has 0 radical (unpaired) electrons. The van der Waals surface area contributed by atoms with E-state index in [1.807, 2.05) is 60.1 Å². The quantitative estimate of drug-likeness (QED) is 0.0553. The number of imide groups is 1. The number of unbranched alkanes of at least 4 members (excludes halogenated alkanes) is 2. The molecule has 69 heavy (non-hydrogen) atoms.